The minimum atomic E-state index is -0.372. The van der Waals surface area contributed by atoms with Crippen molar-refractivity contribution in [2.24, 2.45) is 7.05 Å². The molecule has 2 rings (SSSR count). The Kier molecular flexibility index (Phi) is 2.18. The number of amides is 3. The summed E-state index contributed by atoms with van der Waals surface area (Å²) in [6.45, 7) is 2.00. The summed E-state index contributed by atoms with van der Waals surface area (Å²) in [5.74, 6) is -0.234. The van der Waals surface area contributed by atoms with E-state index in [0.717, 1.165) is 10.6 Å². The van der Waals surface area contributed by atoms with Crippen molar-refractivity contribution in [1.82, 2.24) is 15.1 Å². The van der Waals surface area contributed by atoms with Crippen LogP contribution >= 0.6 is 0 Å². The van der Waals surface area contributed by atoms with Crippen LogP contribution in [0.4, 0.5) is 10.5 Å². The quantitative estimate of drug-likeness (QED) is 0.698. The van der Waals surface area contributed by atoms with Crippen LogP contribution in [0.25, 0.3) is 0 Å². The van der Waals surface area contributed by atoms with Crippen LogP contribution in [0.2, 0.25) is 0 Å². The molecular formula is C9H12N4O2. The summed E-state index contributed by atoms with van der Waals surface area (Å²) in [5, 5.41) is 6.66. The van der Waals surface area contributed by atoms with Gasteiger partial charge in [0.25, 0.3) is 5.91 Å². The Bertz CT molecular complexity index is 408. The van der Waals surface area contributed by atoms with Crippen LogP contribution in [0.3, 0.4) is 0 Å². The Hall–Kier alpha value is -1.85. The van der Waals surface area contributed by atoms with Crippen molar-refractivity contribution in [3.05, 3.63) is 11.9 Å². The number of rotatable bonds is 2. The molecular weight excluding hydrogens is 196 g/mol. The Balaban J connectivity index is 2.43. The van der Waals surface area contributed by atoms with Crippen LogP contribution in [0.1, 0.15) is 12.6 Å². The fourth-order valence-electron chi connectivity index (χ4n) is 1.63. The average molecular weight is 208 g/mol. The van der Waals surface area contributed by atoms with Gasteiger partial charge in [-0.05, 0) is 6.42 Å². The highest BCUT2D eigenvalue weighted by Crippen LogP contribution is 2.21. The number of carbonyl (C=O) groups excluding carboxylic acids is 2. The minimum absolute atomic E-state index is 0.0664. The maximum atomic E-state index is 11.5. The Morgan fingerprint density at radius 3 is 2.80 bits per heavy atom. The Morgan fingerprint density at radius 1 is 1.53 bits per heavy atom. The zero-order valence-corrected chi connectivity index (χ0v) is 8.65. The first-order valence-electron chi connectivity index (χ1n) is 4.76. The predicted octanol–water partition coefficient (Wildman–Crippen LogP) is 0.0387. The van der Waals surface area contributed by atoms with Gasteiger partial charge in [-0.25, -0.2) is 9.69 Å². The molecule has 0 unspecified atom stereocenters. The van der Waals surface area contributed by atoms with Crippen molar-refractivity contribution in [3.8, 4) is 0 Å². The van der Waals surface area contributed by atoms with Gasteiger partial charge in [-0.3, -0.25) is 9.48 Å². The van der Waals surface area contributed by atoms with E-state index in [1.165, 1.54) is 0 Å². The van der Waals surface area contributed by atoms with Crippen LogP contribution in [0, 0.1) is 0 Å². The topological polar surface area (TPSA) is 67.2 Å². The van der Waals surface area contributed by atoms with E-state index in [1.807, 2.05) is 6.92 Å². The number of nitrogens with one attached hydrogen (secondary N) is 1. The molecule has 0 aliphatic carbocycles. The molecule has 0 spiro atoms. The molecule has 0 aromatic carbocycles. The Morgan fingerprint density at radius 2 is 2.27 bits per heavy atom. The van der Waals surface area contributed by atoms with Crippen LogP contribution in [0.15, 0.2) is 6.20 Å². The largest absolute Gasteiger partial charge is 0.329 e. The third-order valence-electron chi connectivity index (χ3n) is 2.30. The molecule has 1 aromatic rings. The summed E-state index contributed by atoms with van der Waals surface area (Å²) in [4.78, 5) is 24.0. The summed E-state index contributed by atoms with van der Waals surface area (Å²) in [7, 11) is 1.76. The first kappa shape index (κ1) is 9.70. The van der Waals surface area contributed by atoms with Crippen LogP contribution in [0.5, 0.6) is 0 Å². The first-order chi connectivity index (χ1) is 7.13. The van der Waals surface area contributed by atoms with Gasteiger partial charge < -0.3 is 5.32 Å². The second kappa shape index (κ2) is 3.38. The molecule has 1 aliphatic heterocycles. The third-order valence-corrected chi connectivity index (χ3v) is 2.30. The van der Waals surface area contributed by atoms with Gasteiger partial charge in [0.05, 0.1) is 17.9 Å². The van der Waals surface area contributed by atoms with Crippen molar-refractivity contribution >= 4 is 17.6 Å². The summed E-state index contributed by atoms with van der Waals surface area (Å²) in [5.41, 5.74) is 1.34. The molecule has 6 heteroatoms. The minimum Gasteiger partial charge on any atom is -0.328 e. The van der Waals surface area contributed by atoms with E-state index in [0.29, 0.717) is 12.1 Å². The number of aryl methyl sites for hydroxylation is 2. The summed E-state index contributed by atoms with van der Waals surface area (Å²) < 4.78 is 1.60. The highest BCUT2D eigenvalue weighted by Gasteiger charge is 2.32. The molecule has 1 aromatic heterocycles. The van der Waals surface area contributed by atoms with Crippen LogP contribution in [-0.4, -0.2) is 28.3 Å². The highest BCUT2D eigenvalue weighted by atomic mass is 16.2. The fourth-order valence-corrected chi connectivity index (χ4v) is 1.63. The van der Waals surface area contributed by atoms with Gasteiger partial charge in [-0.1, -0.05) is 6.92 Å². The lowest BCUT2D eigenvalue weighted by Crippen LogP contribution is -2.31. The fraction of sp³-hybridized carbons (Fsp3) is 0.444. The van der Waals surface area contributed by atoms with Crippen molar-refractivity contribution in [2.45, 2.75) is 13.3 Å². The zero-order chi connectivity index (χ0) is 11.0. The molecule has 2 heterocycles. The van der Waals surface area contributed by atoms with E-state index < -0.39 is 0 Å². The molecule has 80 valence electrons. The number of imide groups is 1. The molecule has 3 amide bonds. The standard InChI is InChI=1S/C9H12N4O2/c1-3-6-7(5-12(2)11-6)13-8(14)4-10-9(13)15/h5H,3-4H2,1-2H3,(H,10,15). The maximum absolute atomic E-state index is 11.5. The van der Waals surface area contributed by atoms with Gasteiger partial charge in [0.2, 0.25) is 0 Å². The normalized spacial score (nSPS) is 16.0. The molecule has 6 nitrogen and oxygen atoms in total. The molecule has 0 atom stereocenters. The highest BCUT2D eigenvalue weighted by molar-refractivity contribution is 6.20. The number of anilines is 1. The number of aromatic nitrogens is 2. The second-order valence-electron chi connectivity index (χ2n) is 3.38. The number of nitrogens with zero attached hydrogens (tertiary/aromatic N) is 3. The van der Waals surface area contributed by atoms with Gasteiger partial charge in [-0.15, -0.1) is 0 Å². The number of carbonyl (C=O) groups is 2. The molecule has 0 radical (unpaired) electrons. The number of urea groups is 1. The molecule has 15 heavy (non-hydrogen) atoms. The lowest BCUT2D eigenvalue weighted by atomic mass is 10.3. The van der Waals surface area contributed by atoms with Gasteiger partial charge >= 0.3 is 6.03 Å². The molecule has 1 aliphatic rings. The van der Waals surface area contributed by atoms with E-state index >= 15 is 0 Å². The third kappa shape index (κ3) is 1.47. The maximum Gasteiger partial charge on any atom is 0.329 e. The summed E-state index contributed by atoms with van der Waals surface area (Å²) in [6.07, 6.45) is 2.37. The molecule has 1 saturated heterocycles. The molecule has 0 bridgehead atoms. The Labute approximate surface area is 86.9 Å². The van der Waals surface area contributed by atoms with Crippen LogP contribution in [-0.2, 0) is 18.3 Å². The van der Waals surface area contributed by atoms with Crippen molar-refractivity contribution in [1.29, 1.82) is 0 Å². The van der Waals surface area contributed by atoms with E-state index in [-0.39, 0.29) is 18.5 Å². The van der Waals surface area contributed by atoms with Gasteiger partial charge in [0.1, 0.15) is 0 Å². The number of hydrogen-bond acceptors (Lipinski definition) is 3. The van der Waals surface area contributed by atoms with Crippen molar-refractivity contribution in [3.63, 3.8) is 0 Å². The average Bonchev–Trinajstić information content (AvgIpc) is 2.70. The first-order valence-corrected chi connectivity index (χ1v) is 4.76. The lowest BCUT2D eigenvalue weighted by Gasteiger charge is -2.10. The van der Waals surface area contributed by atoms with Crippen LogP contribution < -0.4 is 10.2 Å². The second-order valence-corrected chi connectivity index (χ2v) is 3.38. The van der Waals surface area contributed by atoms with Gasteiger partial charge in [0.15, 0.2) is 0 Å². The van der Waals surface area contributed by atoms with E-state index in [1.54, 1.807) is 17.9 Å². The lowest BCUT2D eigenvalue weighted by molar-refractivity contribution is -0.115. The molecule has 1 N–H and O–H groups in total. The van der Waals surface area contributed by atoms with E-state index in [2.05, 4.69) is 10.4 Å². The molecule has 1 fully saturated rings. The van der Waals surface area contributed by atoms with Gasteiger partial charge in [0, 0.05) is 13.2 Å². The SMILES string of the molecule is CCc1nn(C)cc1N1C(=O)CNC1=O. The zero-order valence-electron chi connectivity index (χ0n) is 8.65. The number of hydrogen-bond donors (Lipinski definition) is 1. The van der Waals surface area contributed by atoms with Crippen molar-refractivity contribution < 1.29 is 9.59 Å². The smallest absolute Gasteiger partial charge is 0.328 e. The molecule has 0 saturated carbocycles. The predicted molar refractivity (Wildman–Crippen MR) is 53.5 cm³/mol. The summed E-state index contributed by atoms with van der Waals surface area (Å²) >= 11 is 0. The van der Waals surface area contributed by atoms with Crippen molar-refractivity contribution in [2.75, 3.05) is 11.4 Å². The van der Waals surface area contributed by atoms with E-state index in [9.17, 15) is 9.59 Å². The monoisotopic (exact) mass is 208 g/mol. The summed E-state index contributed by atoms with van der Waals surface area (Å²) in [6, 6.07) is -0.372. The van der Waals surface area contributed by atoms with E-state index in [4.69, 9.17) is 0 Å². The van der Waals surface area contributed by atoms with Gasteiger partial charge in [-0.2, -0.15) is 5.10 Å².